The van der Waals surface area contributed by atoms with Crippen molar-refractivity contribution in [2.24, 2.45) is 0 Å². The highest BCUT2D eigenvalue weighted by molar-refractivity contribution is 5.27. The smallest absolute Gasteiger partial charge is 0.406 e. The Morgan fingerprint density at radius 1 is 1.15 bits per heavy atom. The minimum absolute atomic E-state index is 0.166. The van der Waals surface area contributed by atoms with E-state index in [2.05, 4.69) is 17.0 Å². The highest BCUT2D eigenvalue weighted by Gasteiger charge is 2.30. The normalized spacial score (nSPS) is 13.2. The summed E-state index contributed by atoms with van der Waals surface area (Å²) in [5.74, 6) is -0.166. The molecule has 0 aliphatic rings. The number of benzene rings is 1. The van der Waals surface area contributed by atoms with Crippen LogP contribution in [-0.4, -0.2) is 19.5 Å². The largest absolute Gasteiger partial charge is 0.573 e. The second-order valence-electron chi connectivity index (χ2n) is 4.86. The van der Waals surface area contributed by atoms with Crippen LogP contribution in [0.25, 0.3) is 0 Å². The summed E-state index contributed by atoms with van der Waals surface area (Å²) in [4.78, 5) is 0. The van der Waals surface area contributed by atoms with Crippen LogP contribution in [0.1, 0.15) is 38.2 Å². The molecule has 0 heterocycles. The summed E-state index contributed by atoms with van der Waals surface area (Å²) in [6.07, 6.45) is 0.635. The van der Waals surface area contributed by atoms with Gasteiger partial charge in [0.15, 0.2) is 0 Å². The van der Waals surface area contributed by atoms with Gasteiger partial charge in [-0.1, -0.05) is 25.5 Å². The predicted molar refractivity (Wildman–Crippen MR) is 73.8 cm³/mol. The Hall–Kier alpha value is -1.23. The summed E-state index contributed by atoms with van der Waals surface area (Å²) in [5, 5.41) is 3.28. The number of hydrogen-bond donors (Lipinski definition) is 1. The van der Waals surface area contributed by atoms with Crippen LogP contribution in [-0.2, 0) is 6.42 Å². The van der Waals surface area contributed by atoms with E-state index in [1.165, 1.54) is 12.1 Å². The maximum atomic E-state index is 12.0. The second-order valence-corrected chi connectivity index (χ2v) is 4.86. The molecule has 0 saturated carbocycles. The van der Waals surface area contributed by atoms with Crippen molar-refractivity contribution in [3.05, 3.63) is 29.8 Å². The van der Waals surface area contributed by atoms with Crippen LogP contribution >= 0.6 is 0 Å². The van der Waals surface area contributed by atoms with Crippen molar-refractivity contribution in [2.75, 3.05) is 7.05 Å². The quantitative estimate of drug-likeness (QED) is 0.770. The lowest BCUT2D eigenvalue weighted by Gasteiger charge is -2.15. The third-order valence-electron chi connectivity index (χ3n) is 3.22. The van der Waals surface area contributed by atoms with Gasteiger partial charge in [0.1, 0.15) is 5.75 Å². The van der Waals surface area contributed by atoms with Crippen molar-refractivity contribution in [3.63, 3.8) is 0 Å². The van der Waals surface area contributed by atoms with E-state index in [0.717, 1.165) is 37.7 Å². The van der Waals surface area contributed by atoms with Crippen LogP contribution in [0.3, 0.4) is 0 Å². The second kappa shape index (κ2) is 8.15. The van der Waals surface area contributed by atoms with E-state index in [-0.39, 0.29) is 5.75 Å². The Kier molecular flexibility index (Phi) is 6.85. The van der Waals surface area contributed by atoms with Gasteiger partial charge >= 0.3 is 6.36 Å². The van der Waals surface area contributed by atoms with Crippen LogP contribution < -0.4 is 10.1 Å². The first-order valence-electron chi connectivity index (χ1n) is 6.96. The van der Waals surface area contributed by atoms with Crippen molar-refractivity contribution < 1.29 is 17.9 Å². The zero-order chi connectivity index (χ0) is 15.0. The van der Waals surface area contributed by atoms with Gasteiger partial charge in [0.25, 0.3) is 0 Å². The first-order valence-corrected chi connectivity index (χ1v) is 6.96. The number of rotatable bonds is 8. The van der Waals surface area contributed by atoms with Crippen molar-refractivity contribution >= 4 is 0 Å². The zero-order valence-corrected chi connectivity index (χ0v) is 12.0. The Balaban J connectivity index is 2.38. The highest BCUT2D eigenvalue weighted by atomic mass is 19.4. The van der Waals surface area contributed by atoms with E-state index in [9.17, 15) is 13.2 Å². The van der Waals surface area contributed by atoms with Gasteiger partial charge in [-0.2, -0.15) is 0 Å². The molecular weight excluding hydrogens is 267 g/mol. The van der Waals surface area contributed by atoms with Crippen LogP contribution in [0.2, 0.25) is 0 Å². The maximum Gasteiger partial charge on any atom is 0.573 e. The molecule has 1 aromatic carbocycles. The number of ether oxygens (including phenoxy) is 1. The van der Waals surface area contributed by atoms with E-state index in [1.807, 2.05) is 7.05 Å². The average molecular weight is 289 g/mol. The summed E-state index contributed by atoms with van der Waals surface area (Å²) in [6, 6.07) is 6.63. The fraction of sp³-hybridized carbons (Fsp3) is 0.600. The third kappa shape index (κ3) is 6.80. The number of halogens is 3. The van der Waals surface area contributed by atoms with Crippen LogP contribution in [0.5, 0.6) is 5.75 Å². The highest BCUT2D eigenvalue weighted by Crippen LogP contribution is 2.23. The Morgan fingerprint density at radius 2 is 1.80 bits per heavy atom. The van der Waals surface area contributed by atoms with Gasteiger partial charge in [-0.15, -0.1) is 13.2 Å². The number of hydrogen-bond acceptors (Lipinski definition) is 2. The Labute approximate surface area is 118 Å². The molecule has 0 fully saturated rings. The molecule has 0 spiro atoms. The van der Waals surface area contributed by atoms with Gasteiger partial charge in [0.2, 0.25) is 0 Å². The molecule has 2 nitrogen and oxygen atoms in total. The van der Waals surface area contributed by atoms with Crippen LogP contribution in [0.4, 0.5) is 13.2 Å². The minimum Gasteiger partial charge on any atom is -0.406 e. The monoisotopic (exact) mass is 289 g/mol. The fourth-order valence-electron chi connectivity index (χ4n) is 2.19. The van der Waals surface area contributed by atoms with E-state index < -0.39 is 6.36 Å². The number of nitrogens with one attached hydrogen (secondary N) is 1. The SMILES string of the molecule is CCCC(CCCc1ccc(OC(F)(F)F)cc1)NC. The molecule has 1 atom stereocenters. The predicted octanol–water partition coefficient (Wildman–Crippen LogP) is 4.30. The molecule has 114 valence electrons. The molecule has 1 aromatic rings. The molecule has 0 aromatic heterocycles. The average Bonchev–Trinajstić information content (AvgIpc) is 2.38. The topological polar surface area (TPSA) is 21.3 Å². The Bertz CT molecular complexity index is 376. The first kappa shape index (κ1) is 16.8. The molecule has 1 rings (SSSR count). The molecule has 1 N–H and O–H groups in total. The van der Waals surface area contributed by atoms with Gasteiger partial charge in [-0.05, 0) is 50.4 Å². The lowest BCUT2D eigenvalue weighted by Crippen LogP contribution is -2.24. The minimum atomic E-state index is -4.62. The van der Waals surface area contributed by atoms with E-state index in [4.69, 9.17) is 0 Å². The van der Waals surface area contributed by atoms with Crippen LogP contribution in [0, 0.1) is 0 Å². The number of aryl methyl sites for hydroxylation is 1. The lowest BCUT2D eigenvalue weighted by atomic mass is 10.0. The molecule has 0 radical (unpaired) electrons. The Morgan fingerprint density at radius 3 is 2.30 bits per heavy atom. The molecular formula is C15H22F3NO. The zero-order valence-electron chi connectivity index (χ0n) is 12.0. The molecule has 20 heavy (non-hydrogen) atoms. The van der Waals surface area contributed by atoms with Crippen molar-refractivity contribution in [3.8, 4) is 5.75 Å². The molecule has 5 heteroatoms. The van der Waals surface area contributed by atoms with E-state index in [1.54, 1.807) is 12.1 Å². The summed E-state index contributed by atoms with van der Waals surface area (Å²) in [7, 11) is 1.96. The third-order valence-corrected chi connectivity index (χ3v) is 3.22. The van der Waals surface area contributed by atoms with Crippen molar-refractivity contribution in [1.82, 2.24) is 5.32 Å². The van der Waals surface area contributed by atoms with E-state index in [0.29, 0.717) is 6.04 Å². The summed E-state index contributed by atoms with van der Waals surface area (Å²) in [5.41, 5.74) is 1.03. The lowest BCUT2D eigenvalue weighted by molar-refractivity contribution is -0.274. The maximum absolute atomic E-state index is 12.0. The number of alkyl halides is 3. The molecule has 0 aliphatic heterocycles. The van der Waals surface area contributed by atoms with Gasteiger partial charge in [0.05, 0.1) is 0 Å². The van der Waals surface area contributed by atoms with Crippen molar-refractivity contribution in [2.45, 2.75) is 51.4 Å². The summed E-state index contributed by atoms with van der Waals surface area (Å²) >= 11 is 0. The van der Waals surface area contributed by atoms with Gasteiger partial charge < -0.3 is 10.1 Å². The van der Waals surface area contributed by atoms with E-state index >= 15 is 0 Å². The molecule has 0 bridgehead atoms. The first-order chi connectivity index (χ1) is 9.44. The van der Waals surface area contributed by atoms with Gasteiger partial charge in [-0.3, -0.25) is 0 Å². The van der Waals surface area contributed by atoms with Gasteiger partial charge in [0, 0.05) is 6.04 Å². The molecule has 0 aliphatic carbocycles. The van der Waals surface area contributed by atoms with Gasteiger partial charge in [-0.25, -0.2) is 0 Å². The summed E-state index contributed by atoms with van der Waals surface area (Å²) < 4.78 is 39.9. The standard InChI is InChI=1S/C15H22F3NO/c1-3-5-13(19-2)7-4-6-12-8-10-14(11-9-12)20-15(16,17)18/h8-11,13,19H,3-7H2,1-2H3. The summed E-state index contributed by atoms with van der Waals surface area (Å²) in [6.45, 7) is 2.16. The fourth-order valence-corrected chi connectivity index (χ4v) is 2.19. The molecule has 0 amide bonds. The molecule has 0 saturated heterocycles. The van der Waals surface area contributed by atoms with Crippen molar-refractivity contribution in [1.29, 1.82) is 0 Å². The van der Waals surface area contributed by atoms with Crippen LogP contribution in [0.15, 0.2) is 24.3 Å². The molecule has 1 unspecified atom stereocenters.